The first-order valence-corrected chi connectivity index (χ1v) is 10.4. The fourth-order valence-corrected chi connectivity index (χ4v) is 4.45. The van der Waals surface area contributed by atoms with E-state index in [1.54, 1.807) is 23.9 Å². The van der Waals surface area contributed by atoms with Crippen LogP contribution in [0.5, 0.6) is 5.75 Å². The van der Waals surface area contributed by atoms with Crippen molar-refractivity contribution in [1.82, 2.24) is 9.97 Å². The minimum absolute atomic E-state index is 0.615. The van der Waals surface area contributed by atoms with Gasteiger partial charge in [-0.15, -0.1) is 11.3 Å². The van der Waals surface area contributed by atoms with Gasteiger partial charge in [0, 0.05) is 21.0 Å². The summed E-state index contributed by atoms with van der Waals surface area (Å²) >= 11 is 7.80. The lowest BCUT2D eigenvalue weighted by Gasteiger charge is -2.09. The quantitative estimate of drug-likeness (QED) is 0.298. The number of hydrogen-bond acceptors (Lipinski definition) is 6. The Balaban J connectivity index is 1.71. The zero-order valence-electron chi connectivity index (χ0n) is 16.0. The molecular weight excluding hydrogens is 404 g/mol. The second-order valence-electron chi connectivity index (χ2n) is 6.28. The minimum Gasteiger partial charge on any atom is -0.493 e. The Morgan fingerprint density at radius 2 is 1.93 bits per heavy atom. The summed E-state index contributed by atoms with van der Waals surface area (Å²) in [5.41, 5.74) is 6.92. The number of benzene rings is 2. The second-order valence-corrected chi connectivity index (χ2v) is 7.70. The molecule has 0 atom stereocenters. The van der Waals surface area contributed by atoms with Gasteiger partial charge in [0.2, 0.25) is 0 Å². The SMILES string of the molecule is CCOc1ccccc1-c1sc2c(NN=Cc3ccccc3Cl)ncnc2c1C. The van der Waals surface area contributed by atoms with Gasteiger partial charge >= 0.3 is 0 Å². The smallest absolute Gasteiger partial charge is 0.167 e. The predicted octanol–water partition coefficient (Wildman–Crippen LogP) is 6.16. The van der Waals surface area contributed by atoms with Crippen molar-refractivity contribution in [3.8, 4) is 16.2 Å². The summed E-state index contributed by atoms with van der Waals surface area (Å²) in [5.74, 6) is 1.52. The highest BCUT2D eigenvalue weighted by Gasteiger charge is 2.17. The van der Waals surface area contributed by atoms with Crippen molar-refractivity contribution in [3.63, 3.8) is 0 Å². The summed E-state index contributed by atoms with van der Waals surface area (Å²) in [7, 11) is 0. The number of ether oxygens (including phenoxy) is 1. The van der Waals surface area contributed by atoms with E-state index >= 15 is 0 Å². The Hall–Kier alpha value is -2.96. The summed E-state index contributed by atoms with van der Waals surface area (Å²) < 4.78 is 6.76. The summed E-state index contributed by atoms with van der Waals surface area (Å²) in [5, 5.41) is 4.96. The molecule has 0 saturated heterocycles. The van der Waals surface area contributed by atoms with E-state index in [0.29, 0.717) is 17.4 Å². The molecule has 146 valence electrons. The van der Waals surface area contributed by atoms with Crippen LogP contribution in [0.1, 0.15) is 18.1 Å². The molecule has 0 saturated carbocycles. The fraction of sp³-hybridized carbons (Fsp3) is 0.136. The zero-order valence-corrected chi connectivity index (χ0v) is 17.6. The van der Waals surface area contributed by atoms with Crippen molar-refractivity contribution in [2.75, 3.05) is 12.0 Å². The van der Waals surface area contributed by atoms with Crippen LogP contribution < -0.4 is 10.2 Å². The van der Waals surface area contributed by atoms with Crippen LogP contribution in [0.4, 0.5) is 5.82 Å². The number of rotatable bonds is 6. The molecule has 29 heavy (non-hydrogen) atoms. The van der Waals surface area contributed by atoms with Crippen LogP contribution in [0.3, 0.4) is 0 Å². The minimum atomic E-state index is 0.615. The third kappa shape index (κ3) is 3.95. The summed E-state index contributed by atoms with van der Waals surface area (Å²) in [6, 6.07) is 15.6. The lowest BCUT2D eigenvalue weighted by atomic mass is 10.1. The maximum atomic E-state index is 6.18. The number of hydrogen-bond donors (Lipinski definition) is 1. The van der Waals surface area contributed by atoms with Crippen LogP contribution >= 0.6 is 22.9 Å². The van der Waals surface area contributed by atoms with Gasteiger partial charge in [-0.05, 0) is 37.6 Å². The number of thiophene rings is 1. The van der Waals surface area contributed by atoms with E-state index in [9.17, 15) is 0 Å². The van der Waals surface area contributed by atoms with Crippen molar-refractivity contribution >= 4 is 45.2 Å². The monoisotopic (exact) mass is 422 g/mol. The number of anilines is 1. The van der Waals surface area contributed by atoms with E-state index < -0.39 is 0 Å². The molecule has 4 rings (SSSR count). The van der Waals surface area contributed by atoms with Gasteiger partial charge in [-0.25, -0.2) is 9.97 Å². The van der Waals surface area contributed by atoms with Gasteiger partial charge in [0.25, 0.3) is 0 Å². The van der Waals surface area contributed by atoms with E-state index in [4.69, 9.17) is 16.3 Å². The zero-order chi connectivity index (χ0) is 20.2. The van der Waals surface area contributed by atoms with Gasteiger partial charge < -0.3 is 4.74 Å². The molecule has 2 aromatic heterocycles. The van der Waals surface area contributed by atoms with E-state index in [1.807, 2.05) is 49.4 Å². The second kappa shape index (κ2) is 8.59. The van der Waals surface area contributed by atoms with E-state index in [2.05, 4.69) is 33.5 Å². The summed E-state index contributed by atoms with van der Waals surface area (Å²) in [6.45, 7) is 4.67. The van der Waals surface area contributed by atoms with Gasteiger partial charge in [-0.1, -0.05) is 41.9 Å². The topological polar surface area (TPSA) is 59.4 Å². The molecule has 0 unspecified atom stereocenters. The molecule has 1 N–H and O–H groups in total. The third-order valence-electron chi connectivity index (χ3n) is 4.41. The molecule has 0 aliphatic carbocycles. The van der Waals surface area contributed by atoms with E-state index in [1.165, 1.54) is 0 Å². The lowest BCUT2D eigenvalue weighted by molar-refractivity contribution is 0.341. The molecule has 0 aliphatic heterocycles. The molecule has 0 radical (unpaired) electrons. The molecule has 7 heteroatoms. The Bertz CT molecular complexity index is 1190. The summed E-state index contributed by atoms with van der Waals surface area (Å²) in [4.78, 5) is 9.98. The normalized spacial score (nSPS) is 11.3. The van der Waals surface area contributed by atoms with Crippen LogP contribution in [0, 0.1) is 6.92 Å². The van der Waals surface area contributed by atoms with Crippen LogP contribution in [-0.2, 0) is 0 Å². The van der Waals surface area contributed by atoms with Crippen molar-refractivity contribution in [2.24, 2.45) is 5.10 Å². The number of aromatic nitrogens is 2. The lowest BCUT2D eigenvalue weighted by Crippen LogP contribution is -1.95. The Kier molecular flexibility index (Phi) is 5.74. The Labute approximate surface area is 178 Å². The Morgan fingerprint density at radius 3 is 2.76 bits per heavy atom. The first-order valence-electron chi connectivity index (χ1n) is 9.19. The molecular formula is C22H19ClN4OS. The highest BCUT2D eigenvalue weighted by molar-refractivity contribution is 7.23. The number of hydrazone groups is 1. The van der Waals surface area contributed by atoms with E-state index in [-0.39, 0.29) is 0 Å². The van der Waals surface area contributed by atoms with Gasteiger partial charge in [-0.2, -0.15) is 5.10 Å². The van der Waals surface area contributed by atoms with Crippen LogP contribution in [0.15, 0.2) is 60.0 Å². The standard InChI is InChI=1S/C22H19ClN4OS/c1-3-28-18-11-7-5-9-16(18)20-14(2)19-21(29-20)22(25-13-24-19)27-26-12-15-8-4-6-10-17(15)23/h4-13H,3H2,1-2H3,(H,24,25,27). The molecule has 0 aliphatic rings. The Morgan fingerprint density at radius 1 is 1.14 bits per heavy atom. The number of nitrogens with one attached hydrogen (secondary N) is 1. The summed E-state index contributed by atoms with van der Waals surface area (Å²) in [6.07, 6.45) is 3.23. The third-order valence-corrected chi connectivity index (χ3v) is 6.08. The fourth-order valence-electron chi connectivity index (χ4n) is 3.04. The van der Waals surface area contributed by atoms with Gasteiger partial charge in [-0.3, -0.25) is 5.43 Å². The van der Waals surface area contributed by atoms with Crippen molar-refractivity contribution in [3.05, 3.63) is 71.0 Å². The molecule has 0 spiro atoms. The number of aryl methyl sites for hydroxylation is 1. The average molecular weight is 423 g/mol. The predicted molar refractivity (Wildman–Crippen MR) is 121 cm³/mol. The molecule has 2 aromatic carbocycles. The average Bonchev–Trinajstić information content (AvgIpc) is 3.07. The molecule has 4 aromatic rings. The largest absolute Gasteiger partial charge is 0.493 e. The van der Waals surface area contributed by atoms with Crippen LogP contribution in [-0.4, -0.2) is 22.8 Å². The van der Waals surface area contributed by atoms with Crippen LogP contribution in [0.2, 0.25) is 5.02 Å². The molecule has 0 bridgehead atoms. The number of para-hydroxylation sites is 1. The maximum absolute atomic E-state index is 6.18. The molecule has 5 nitrogen and oxygen atoms in total. The highest BCUT2D eigenvalue weighted by Crippen LogP contribution is 2.42. The number of halogens is 1. The van der Waals surface area contributed by atoms with Crippen molar-refractivity contribution < 1.29 is 4.74 Å². The number of nitrogens with zero attached hydrogens (tertiary/aromatic N) is 3. The molecule has 2 heterocycles. The highest BCUT2D eigenvalue weighted by atomic mass is 35.5. The molecule has 0 amide bonds. The molecule has 0 fully saturated rings. The van der Waals surface area contributed by atoms with Gasteiger partial charge in [0.05, 0.1) is 23.0 Å². The van der Waals surface area contributed by atoms with Crippen molar-refractivity contribution in [2.45, 2.75) is 13.8 Å². The first kappa shape index (κ1) is 19.4. The first-order chi connectivity index (χ1) is 14.2. The van der Waals surface area contributed by atoms with E-state index in [0.717, 1.165) is 37.5 Å². The van der Waals surface area contributed by atoms with Crippen LogP contribution in [0.25, 0.3) is 20.7 Å². The van der Waals surface area contributed by atoms with Gasteiger partial charge in [0.1, 0.15) is 12.1 Å². The van der Waals surface area contributed by atoms with Gasteiger partial charge in [0.15, 0.2) is 5.82 Å². The maximum Gasteiger partial charge on any atom is 0.167 e. The van der Waals surface area contributed by atoms with Crippen molar-refractivity contribution in [1.29, 1.82) is 0 Å². The number of fused-ring (bicyclic) bond motifs is 1.